The van der Waals surface area contributed by atoms with Crippen molar-refractivity contribution in [2.75, 3.05) is 0 Å². The zero-order valence-electron chi connectivity index (χ0n) is 18.3. The maximum Gasteiger partial charge on any atom is 0.178 e. The summed E-state index contributed by atoms with van der Waals surface area (Å²) in [4.78, 5) is 24.6. The van der Waals surface area contributed by atoms with E-state index in [0.717, 1.165) is 24.8 Å². The predicted octanol–water partition coefficient (Wildman–Crippen LogP) is 5.19. The van der Waals surface area contributed by atoms with Gasteiger partial charge in [0, 0.05) is 11.8 Å². The number of halogens is 1. The van der Waals surface area contributed by atoms with Gasteiger partial charge in [-0.2, -0.15) is 0 Å². The summed E-state index contributed by atoms with van der Waals surface area (Å²) < 4.78 is 0. The molecule has 0 bridgehead atoms. The van der Waals surface area contributed by atoms with Crippen LogP contribution in [-0.4, -0.2) is 27.7 Å². The van der Waals surface area contributed by atoms with E-state index in [-0.39, 0.29) is 29.3 Å². The van der Waals surface area contributed by atoms with Crippen LogP contribution in [0.1, 0.15) is 52.9 Å². The first kappa shape index (κ1) is 21.8. The van der Waals surface area contributed by atoms with Crippen molar-refractivity contribution < 1.29 is 14.7 Å². The van der Waals surface area contributed by atoms with Crippen LogP contribution in [0.5, 0.6) is 0 Å². The molecule has 0 aliphatic heterocycles. The van der Waals surface area contributed by atoms with Crippen LogP contribution < -0.4 is 0 Å². The Morgan fingerprint density at radius 3 is 2.67 bits per heavy atom. The maximum absolute atomic E-state index is 13.4. The second-order valence-electron chi connectivity index (χ2n) is 10.4. The molecule has 0 aromatic rings. The number of rotatable bonds is 4. The van der Waals surface area contributed by atoms with Crippen LogP contribution in [-0.2, 0) is 9.59 Å². The summed E-state index contributed by atoms with van der Waals surface area (Å²) in [7, 11) is 0. The van der Waals surface area contributed by atoms with Crippen molar-refractivity contribution in [3.05, 3.63) is 49.1 Å². The molecule has 8 atom stereocenters. The summed E-state index contributed by atoms with van der Waals surface area (Å²) in [6, 6.07) is 0. The summed E-state index contributed by atoms with van der Waals surface area (Å²) in [5.74, 6) is 0.506. The van der Waals surface area contributed by atoms with Crippen LogP contribution in [0.3, 0.4) is 0 Å². The van der Waals surface area contributed by atoms with Crippen molar-refractivity contribution in [3.8, 4) is 0 Å². The molecule has 3 nitrogen and oxygen atoms in total. The molecule has 30 heavy (non-hydrogen) atoms. The third-order valence-corrected chi connectivity index (χ3v) is 10.4. The fraction of sp³-hybridized carbons (Fsp3) is 0.615. The lowest BCUT2D eigenvalue weighted by molar-refractivity contribution is -0.146. The number of alkyl halides is 1. The minimum atomic E-state index is -0.892. The van der Waals surface area contributed by atoms with E-state index < -0.39 is 27.2 Å². The Labute approximate surface area is 185 Å². The van der Waals surface area contributed by atoms with Gasteiger partial charge in [-0.05, 0) is 61.0 Å². The summed E-state index contributed by atoms with van der Waals surface area (Å²) in [5.41, 5.74) is -0.657. The van der Waals surface area contributed by atoms with Crippen molar-refractivity contribution in [1.82, 2.24) is 0 Å². The van der Waals surface area contributed by atoms with E-state index in [1.165, 1.54) is 0 Å². The van der Waals surface area contributed by atoms with Crippen LogP contribution in [0.2, 0.25) is 0 Å². The molecule has 4 rings (SSSR count). The summed E-state index contributed by atoms with van der Waals surface area (Å²) in [5, 5.41) is 11.6. The first-order valence-corrected chi connectivity index (χ1v) is 11.5. The van der Waals surface area contributed by atoms with Crippen molar-refractivity contribution in [2.24, 2.45) is 34.0 Å². The van der Waals surface area contributed by atoms with Crippen LogP contribution in [0, 0.1) is 34.0 Å². The largest absolute Gasteiger partial charge is 0.391 e. The van der Waals surface area contributed by atoms with E-state index in [0.29, 0.717) is 12.8 Å². The Bertz CT molecular complexity index is 887. The topological polar surface area (TPSA) is 54.4 Å². The Kier molecular flexibility index (Phi) is 4.91. The van der Waals surface area contributed by atoms with Crippen LogP contribution in [0.4, 0.5) is 0 Å². The molecule has 0 aromatic heterocycles. The van der Waals surface area contributed by atoms with E-state index in [4.69, 9.17) is 11.6 Å². The Morgan fingerprint density at radius 1 is 1.33 bits per heavy atom. The molecule has 3 saturated carbocycles. The van der Waals surface area contributed by atoms with E-state index in [2.05, 4.69) is 33.9 Å². The van der Waals surface area contributed by atoms with Crippen LogP contribution in [0.15, 0.2) is 49.1 Å². The fourth-order valence-corrected chi connectivity index (χ4v) is 8.56. The third kappa shape index (κ3) is 2.31. The second-order valence-corrected chi connectivity index (χ2v) is 11.0. The van der Waals surface area contributed by atoms with Gasteiger partial charge < -0.3 is 5.11 Å². The Morgan fingerprint density at radius 2 is 2.03 bits per heavy atom. The smallest absolute Gasteiger partial charge is 0.178 e. The number of hydrogen-bond acceptors (Lipinski definition) is 3. The monoisotopic (exact) mass is 428 g/mol. The van der Waals surface area contributed by atoms with E-state index in [1.54, 1.807) is 18.2 Å². The number of carbonyl (C=O) groups excluding carboxylic acids is 2. The fourth-order valence-electron chi connectivity index (χ4n) is 8.04. The summed E-state index contributed by atoms with van der Waals surface area (Å²) in [6.07, 6.45) is 11.2. The average molecular weight is 429 g/mol. The molecule has 4 aliphatic rings. The van der Waals surface area contributed by atoms with Gasteiger partial charge in [0.1, 0.15) is 5.78 Å². The van der Waals surface area contributed by atoms with Crippen LogP contribution in [0.25, 0.3) is 0 Å². The first-order chi connectivity index (χ1) is 14.0. The van der Waals surface area contributed by atoms with Gasteiger partial charge in [-0.3, -0.25) is 9.59 Å². The first-order valence-electron chi connectivity index (χ1n) is 11.1. The molecular weight excluding hydrogens is 396 g/mol. The number of carbonyl (C=O) groups is 2. The lowest BCUT2D eigenvalue weighted by Crippen LogP contribution is -2.67. The lowest BCUT2D eigenvalue weighted by atomic mass is 9.44. The van der Waals surface area contributed by atoms with E-state index in [1.807, 2.05) is 12.2 Å². The molecule has 0 amide bonds. The molecule has 0 radical (unpaired) electrons. The highest BCUT2D eigenvalue weighted by atomic mass is 35.5. The number of Topliss-reactive ketones (excluding diaryl/α,β-unsaturated/α-hetero) is 1. The van der Waals surface area contributed by atoms with Gasteiger partial charge in [-0.25, -0.2) is 0 Å². The van der Waals surface area contributed by atoms with E-state index >= 15 is 0 Å². The lowest BCUT2D eigenvalue weighted by Gasteiger charge is -2.64. The van der Waals surface area contributed by atoms with Gasteiger partial charge in [0.2, 0.25) is 0 Å². The predicted molar refractivity (Wildman–Crippen MR) is 120 cm³/mol. The Hall–Kier alpha value is -1.45. The van der Waals surface area contributed by atoms with Crippen molar-refractivity contribution in [2.45, 2.75) is 63.9 Å². The molecule has 1 N–H and O–H groups in total. The number of fused-ring (bicyclic) bond motifs is 5. The highest BCUT2D eigenvalue weighted by molar-refractivity contribution is 6.26. The minimum Gasteiger partial charge on any atom is -0.391 e. The van der Waals surface area contributed by atoms with Gasteiger partial charge in [0.15, 0.2) is 5.78 Å². The van der Waals surface area contributed by atoms with Gasteiger partial charge in [0.25, 0.3) is 0 Å². The number of hydrogen-bond donors (Lipinski definition) is 1. The standard InChI is InChI=1S/C26H33ClO3/c1-6-8-21(29)25(7-2)16(3)13-20-19-10-9-17-14-18(28)11-12-23(17,4)26(19,27)22(30)15-24(20,25)5/h6-7,11-12,14,16,19-20,22,30H,1-2,8-10,13,15H2,3-5H3/t16-,19-,20-,22-,23-,24-,25+,26-/m0/s1. The molecule has 0 unspecified atom stereocenters. The molecule has 0 aromatic carbocycles. The third-order valence-electron chi connectivity index (χ3n) is 9.47. The normalized spacial score (nSPS) is 49.5. The summed E-state index contributed by atoms with van der Waals surface area (Å²) >= 11 is 7.46. The van der Waals surface area contributed by atoms with Crippen molar-refractivity contribution >= 4 is 23.2 Å². The second kappa shape index (κ2) is 6.77. The summed E-state index contributed by atoms with van der Waals surface area (Å²) in [6.45, 7) is 14.3. The van der Waals surface area contributed by atoms with Crippen molar-refractivity contribution in [3.63, 3.8) is 0 Å². The minimum absolute atomic E-state index is 0.00786. The molecule has 162 valence electrons. The number of aliphatic hydroxyl groups is 1. The van der Waals surface area contributed by atoms with Gasteiger partial charge in [0.05, 0.1) is 16.4 Å². The van der Waals surface area contributed by atoms with Gasteiger partial charge in [-0.15, -0.1) is 24.8 Å². The highest BCUT2D eigenvalue weighted by Gasteiger charge is 2.73. The SMILES string of the molecule is C=CCC(=O)[C@@]1(C=C)[C@@H](C)C[C@H]2[C@@H]3CCC4=CC(=O)C=C[C@]4(C)[C@@]3(Cl)[C@@H](O)C[C@@]21C. The molecule has 4 aliphatic carbocycles. The number of allylic oxidation sites excluding steroid dienone is 6. The number of ketones is 2. The quantitative estimate of drug-likeness (QED) is 0.495. The Balaban J connectivity index is 1.85. The van der Waals surface area contributed by atoms with Gasteiger partial charge in [-0.1, -0.05) is 44.6 Å². The zero-order valence-corrected chi connectivity index (χ0v) is 19.0. The molecule has 4 heteroatoms. The van der Waals surface area contributed by atoms with Crippen molar-refractivity contribution in [1.29, 1.82) is 0 Å². The molecular formula is C26H33ClO3. The van der Waals surface area contributed by atoms with Crippen LogP contribution >= 0.6 is 11.6 Å². The van der Waals surface area contributed by atoms with E-state index in [9.17, 15) is 14.7 Å². The molecule has 0 spiro atoms. The highest BCUT2D eigenvalue weighted by Crippen LogP contribution is 2.74. The molecule has 3 fully saturated rings. The maximum atomic E-state index is 13.4. The zero-order chi connectivity index (χ0) is 22.1. The van der Waals surface area contributed by atoms with Gasteiger partial charge >= 0.3 is 0 Å². The molecule has 0 heterocycles. The number of aliphatic hydroxyl groups excluding tert-OH is 1. The average Bonchev–Trinajstić information content (AvgIpc) is 2.91. The molecule has 0 saturated heterocycles.